The van der Waals surface area contributed by atoms with Crippen LogP contribution in [0.1, 0.15) is 21.6 Å². The van der Waals surface area contributed by atoms with Gasteiger partial charge in [0, 0.05) is 14.1 Å². The molecule has 1 aromatic heterocycles. The number of carbonyl (C=O) groups is 1. The largest absolute Gasteiger partial charge is 0.416 e. The summed E-state index contributed by atoms with van der Waals surface area (Å²) in [5.41, 5.74) is -3.05. The van der Waals surface area contributed by atoms with Crippen LogP contribution in [0.4, 0.5) is 27.8 Å². The van der Waals surface area contributed by atoms with Gasteiger partial charge in [-0.2, -0.15) is 23.5 Å². The van der Waals surface area contributed by atoms with E-state index < -0.39 is 51.1 Å². The predicted octanol–water partition coefficient (Wildman–Crippen LogP) is 4.74. The van der Waals surface area contributed by atoms with Crippen LogP contribution >= 0.6 is 23.2 Å². The molecule has 0 radical (unpaired) electrons. The number of nitrogens with zero attached hydrogens (tertiary/aromatic N) is 5. The average molecular weight is 454 g/mol. The second-order valence-corrected chi connectivity index (χ2v) is 6.54. The summed E-state index contributed by atoms with van der Waals surface area (Å²) in [5, 5.41) is 11.8. The van der Waals surface area contributed by atoms with Gasteiger partial charge in [0.25, 0.3) is 0 Å². The van der Waals surface area contributed by atoms with Crippen LogP contribution in [-0.4, -0.2) is 47.3 Å². The first-order valence-corrected chi connectivity index (χ1v) is 8.26. The van der Waals surface area contributed by atoms with E-state index in [-0.39, 0.29) is 5.69 Å². The van der Waals surface area contributed by atoms with Crippen molar-refractivity contribution >= 4 is 41.1 Å². The number of hydrogen-bond donors (Lipinski definition) is 0. The van der Waals surface area contributed by atoms with E-state index in [0.29, 0.717) is 16.8 Å². The molecule has 0 aliphatic carbocycles. The van der Waals surface area contributed by atoms with Crippen molar-refractivity contribution in [2.75, 3.05) is 14.1 Å². The fraction of sp³-hybridized carbons (Fsp3) is 0.250. The topological polar surface area (TPSA) is 74.3 Å². The second kappa shape index (κ2) is 8.34. The lowest BCUT2D eigenvalue weighted by Crippen LogP contribution is -2.12. The van der Waals surface area contributed by atoms with Gasteiger partial charge in [-0.1, -0.05) is 23.2 Å². The summed E-state index contributed by atoms with van der Waals surface area (Å²) >= 11 is 11.9. The van der Waals surface area contributed by atoms with Gasteiger partial charge in [0.1, 0.15) is 17.3 Å². The highest BCUT2D eigenvalue weighted by molar-refractivity contribution is 6.38. The predicted molar refractivity (Wildman–Crippen MR) is 95.5 cm³/mol. The number of aromatic nitrogens is 2. The van der Waals surface area contributed by atoms with Crippen molar-refractivity contribution in [2.45, 2.75) is 12.6 Å². The molecule has 154 valence electrons. The summed E-state index contributed by atoms with van der Waals surface area (Å²) in [6.45, 7) is 0. The Kier molecular flexibility index (Phi) is 6.50. The molecule has 1 heterocycles. The summed E-state index contributed by atoms with van der Waals surface area (Å²) < 4.78 is 65.6. The first kappa shape index (κ1) is 22.6. The van der Waals surface area contributed by atoms with Gasteiger partial charge < -0.3 is 4.90 Å². The van der Waals surface area contributed by atoms with Gasteiger partial charge >= 0.3 is 12.6 Å². The molecular formula is C16H10Cl2F5N5O. The highest BCUT2D eigenvalue weighted by Crippen LogP contribution is 2.40. The Labute approximate surface area is 170 Å². The third-order valence-electron chi connectivity index (χ3n) is 3.38. The summed E-state index contributed by atoms with van der Waals surface area (Å²) in [5.74, 6) is -2.28. The molecule has 0 spiro atoms. The average Bonchev–Trinajstić information content (AvgIpc) is 2.95. The second-order valence-electron chi connectivity index (χ2n) is 5.73. The lowest BCUT2D eigenvalue weighted by Gasteiger charge is -2.13. The van der Waals surface area contributed by atoms with Crippen LogP contribution in [0.5, 0.6) is 0 Å². The molecule has 0 saturated carbocycles. The molecule has 0 N–H and O–H groups in total. The van der Waals surface area contributed by atoms with Crippen molar-refractivity contribution < 1.29 is 26.7 Å². The van der Waals surface area contributed by atoms with Crippen molar-refractivity contribution in [3.63, 3.8) is 0 Å². The molecule has 0 aliphatic rings. The molecule has 2 aromatic rings. The van der Waals surface area contributed by atoms with Gasteiger partial charge in [-0.25, -0.2) is 18.5 Å². The molecule has 0 bridgehead atoms. The van der Waals surface area contributed by atoms with Crippen molar-refractivity contribution in [1.82, 2.24) is 14.7 Å². The van der Waals surface area contributed by atoms with Crippen LogP contribution < -0.4 is 0 Å². The van der Waals surface area contributed by atoms with E-state index in [4.69, 9.17) is 23.2 Å². The first-order valence-electron chi connectivity index (χ1n) is 7.51. The first-order chi connectivity index (χ1) is 13.4. The minimum Gasteiger partial charge on any atom is -0.369 e. The quantitative estimate of drug-likeness (QED) is 0.283. The number of hydrogen-bond acceptors (Lipinski definition) is 4. The number of carbonyl (C=O) groups excluding carboxylic acids is 1. The summed E-state index contributed by atoms with van der Waals surface area (Å²) in [6.07, 6.45) is -7.12. The third kappa shape index (κ3) is 4.65. The number of benzene rings is 1. The van der Waals surface area contributed by atoms with Crippen LogP contribution in [0.15, 0.2) is 17.1 Å². The third-order valence-corrected chi connectivity index (χ3v) is 3.95. The number of rotatable bonds is 5. The molecule has 13 heteroatoms. The van der Waals surface area contributed by atoms with Crippen LogP contribution in [0, 0.1) is 11.3 Å². The van der Waals surface area contributed by atoms with Crippen molar-refractivity contribution in [2.24, 2.45) is 4.99 Å². The smallest absolute Gasteiger partial charge is 0.369 e. The standard InChI is InChI=1S/C16H10Cl2F5N5O/c1-27(2)6-25-15-11(13(29)14(19)20)10(5-24)26-28(15)12-8(17)3-7(4-9(12)18)16(21,22)23/h3-4,6,14H,1-2H3/b25-6-. The molecule has 0 amide bonds. The van der Waals surface area contributed by atoms with Gasteiger partial charge in [-0.3, -0.25) is 4.79 Å². The monoisotopic (exact) mass is 453 g/mol. The zero-order valence-electron chi connectivity index (χ0n) is 14.6. The van der Waals surface area contributed by atoms with Gasteiger partial charge in [0.05, 0.1) is 21.9 Å². The molecule has 1 aromatic carbocycles. The van der Waals surface area contributed by atoms with E-state index in [1.165, 1.54) is 25.1 Å². The van der Waals surface area contributed by atoms with E-state index >= 15 is 0 Å². The molecule has 0 aliphatic heterocycles. The molecule has 0 fully saturated rings. The number of aliphatic imine (C=N–C) groups is 1. The number of Topliss-reactive ketones (excluding diaryl/α,β-unsaturated/α-hetero) is 1. The van der Waals surface area contributed by atoms with Crippen molar-refractivity contribution in [3.8, 4) is 11.8 Å². The number of halogens is 7. The van der Waals surface area contributed by atoms with Crippen LogP contribution in [0.2, 0.25) is 10.0 Å². The SMILES string of the molecule is CN(C)/C=N\c1c(C(=O)C(F)F)c(C#N)nn1-c1c(Cl)cc(C(F)(F)F)cc1Cl. The summed E-state index contributed by atoms with van der Waals surface area (Å²) in [6, 6.07) is 2.58. The molecular weight excluding hydrogens is 444 g/mol. The van der Waals surface area contributed by atoms with Gasteiger partial charge in [0.15, 0.2) is 11.5 Å². The minimum absolute atomic E-state index is 0.364. The molecule has 0 unspecified atom stereocenters. The van der Waals surface area contributed by atoms with E-state index in [9.17, 15) is 32.0 Å². The Hall–Kier alpha value is -2.71. The fourth-order valence-electron chi connectivity index (χ4n) is 2.20. The lowest BCUT2D eigenvalue weighted by atomic mass is 10.1. The zero-order valence-corrected chi connectivity index (χ0v) is 16.1. The fourth-order valence-corrected chi connectivity index (χ4v) is 2.85. The highest BCUT2D eigenvalue weighted by atomic mass is 35.5. The molecule has 6 nitrogen and oxygen atoms in total. The Bertz CT molecular complexity index is 1000. The van der Waals surface area contributed by atoms with Gasteiger partial charge in [-0.15, -0.1) is 0 Å². The molecule has 29 heavy (non-hydrogen) atoms. The maximum Gasteiger partial charge on any atom is 0.416 e. The molecule has 0 saturated heterocycles. The van der Waals surface area contributed by atoms with Crippen LogP contribution in [0.25, 0.3) is 5.69 Å². The number of ketones is 1. The molecule has 0 atom stereocenters. The summed E-state index contributed by atoms with van der Waals surface area (Å²) in [4.78, 5) is 17.2. The maximum absolute atomic E-state index is 13.0. The maximum atomic E-state index is 13.0. The van der Waals surface area contributed by atoms with Crippen LogP contribution in [-0.2, 0) is 6.18 Å². The van der Waals surface area contributed by atoms with E-state index in [1.807, 2.05) is 0 Å². The molecule has 2 rings (SSSR count). The van der Waals surface area contributed by atoms with Gasteiger partial charge in [0.2, 0.25) is 5.78 Å². The minimum atomic E-state index is -4.75. The Morgan fingerprint density at radius 2 is 1.86 bits per heavy atom. The Balaban J connectivity index is 2.87. The van der Waals surface area contributed by atoms with E-state index in [1.54, 1.807) is 0 Å². The summed E-state index contributed by atoms with van der Waals surface area (Å²) in [7, 11) is 3.06. The Morgan fingerprint density at radius 3 is 2.28 bits per heavy atom. The zero-order chi connectivity index (χ0) is 22.1. The van der Waals surface area contributed by atoms with Crippen molar-refractivity contribution in [1.29, 1.82) is 5.26 Å². The number of nitriles is 1. The van der Waals surface area contributed by atoms with E-state index in [0.717, 1.165) is 6.34 Å². The van der Waals surface area contributed by atoms with E-state index in [2.05, 4.69) is 10.1 Å². The van der Waals surface area contributed by atoms with Crippen LogP contribution in [0.3, 0.4) is 0 Å². The number of alkyl halides is 5. The normalized spacial score (nSPS) is 11.9. The lowest BCUT2D eigenvalue weighted by molar-refractivity contribution is -0.137. The Morgan fingerprint density at radius 1 is 1.31 bits per heavy atom. The van der Waals surface area contributed by atoms with Crippen molar-refractivity contribution in [3.05, 3.63) is 39.0 Å². The highest BCUT2D eigenvalue weighted by Gasteiger charge is 2.34. The van der Waals surface area contributed by atoms with Gasteiger partial charge in [-0.05, 0) is 12.1 Å².